The Balaban J connectivity index is 1.37. The van der Waals surface area contributed by atoms with Gasteiger partial charge in [0.05, 0.1) is 18.1 Å². The van der Waals surface area contributed by atoms with Crippen LogP contribution < -0.4 is 10.6 Å². The minimum Gasteiger partial charge on any atom is -0.366 e. The molecule has 0 spiro atoms. The van der Waals surface area contributed by atoms with E-state index in [1.54, 1.807) is 18.6 Å². The predicted octanol–water partition coefficient (Wildman–Crippen LogP) is 3.16. The maximum Gasteiger partial charge on any atom is 0.145 e. The molecule has 2 N–H and O–H groups in total. The van der Waals surface area contributed by atoms with Crippen LogP contribution >= 0.6 is 0 Å². The van der Waals surface area contributed by atoms with Crippen molar-refractivity contribution >= 4 is 22.4 Å². The first kappa shape index (κ1) is 19.1. The average Bonchev–Trinajstić information content (AvgIpc) is 2.73. The number of nitrogens with zero attached hydrogens (tertiary/aromatic N) is 4. The van der Waals surface area contributed by atoms with Crippen LogP contribution in [0.3, 0.4) is 0 Å². The first-order valence-electron chi connectivity index (χ1n) is 10.8. The van der Waals surface area contributed by atoms with Crippen LogP contribution in [0.25, 0.3) is 22.2 Å². The van der Waals surface area contributed by atoms with E-state index in [4.69, 9.17) is 4.98 Å². The monoisotopic (exact) mass is 402 g/mol. The van der Waals surface area contributed by atoms with Gasteiger partial charge in [-0.25, -0.2) is 4.98 Å². The van der Waals surface area contributed by atoms with Crippen molar-refractivity contribution in [1.29, 1.82) is 0 Å². The van der Waals surface area contributed by atoms with Crippen molar-refractivity contribution in [3.05, 3.63) is 42.6 Å². The van der Waals surface area contributed by atoms with Gasteiger partial charge in [-0.3, -0.25) is 19.7 Å². The number of piperidine rings is 1. The van der Waals surface area contributed by atoms with E-state index in [1.165, 1.54) is 6.42 Å². The summed E-state index contributed by atoms with van der Waals surface area (Å²) in [6.45, 7) is 2.05. The molecule has 0 radical (unpaired) electrons. The fourth-order valence-corrected chi connectivity index (χ4v) is 4.11. The number of fused-ring (bicyclic) bond motifs is 1. The van der Waals surface area contributed by atoms with Crippen LogP contribution in [-0.2, 0) is 11.2 Å². The molecule has 5 rings (SSSR count). The summed E-state index contributed by atoms with van der Waals surface area (Å²) in [5.41, 5.74) is 2.33. The number of hydrogen-bond acceptors (Lipinski definition) is 7. The summed E-state index contributed by atoms with van der Waals surface area (Å²) in [4.78, 5) is 30.5. The van der Waals surface area contributed by atoms with E-state index in [2.05, 4.69) is 25.6 Å². The van der Waals surface area contributed by atoms with Crippen LogP contribution in [0.15, 0.2) is 36.9 Å². The smallest absolute Gasteiger partial charge is 0.145 e. The molecule has 2 fully saturated rings. The largest absolute Gasteiger partial charge is 0.366 e. The Morgan fingerprint density at radius 1 is 0.967 bits per heavy atom. The molecule has 2 aliphatic rings. The molecule has 1 aliphatic heterocycles. The van der Waals surface area contributed by atoms with Gasteiger partial charge in [-0.2, -0.15) is 0 Å². The second kappa shape index (κ2) is 8.44. The lowest BCUT2D eigenvalue weighted by atomic mass is 9.81. The number of nitrogens with one attached hydrogen (secondary N) is 2. The first-order valence-corrected chi connectivity index (χ1v) is 10.8. The summed E-state index contributed by atoms with van der Waals surface area (Å²) < 4.78 is 0. The molecule has 4 heterocycles. The zero-order chi connectivity index (χ0) is 20.3. The summed E-state index contributed by atoms with van der Waals surface area (Å²) in [5, 5.41) is 8.84. The number of rotatable bonds is 6. The molecule has 7 heteroatoms. The number of aromatic nitrogens is 4. The number of carbonyl (C=O) groups excluding carboxylic acids is 1. The number of carbonyl (C=O) groups is 1. The van der Waals surface area contributed by atoms with Gasteiger partial charge in [0.2, 0.25) is 0 Å². The number of pyridine rings is 2. The fourth-order valence-electron chi connectivity index (χ4n) is 4.11. The first-order chi connectivity index (χ1) is 14.7. The van der Waals surface area contributed by atoms with Crippen molar-refractivity contribution in [2.75, 3.05) is 18.4 Å². The molecule has 0 aromatic carbocycles. The summed E-state index contributed by atoms with van der Waals surface area (Å²) in [6.07, 6.45) is 12.9. The zero-order valence-corrected chi connectivity index (χ0v) is 17.0. The van der Waals surface area contributed by atoms with Crippen LogP contribution in [0, 0.1) is 5.92 Å². The molecule has 0 atom stereocenters. The lowest BCUT2D eigenvalue weighted by Crippen LogP contribution is -2.35. The topological polar surface area (TPSA) is 92.7 Å². The molecular formula is C23H26N6O. The van der Waals surface area contributed by atoms with Gasteiger partial charge in [0.25, 0.3) is 0 Å². The number of anilines is 1. The Labute approximate surface area is 175 Å². The Bertz CT molecular complexity index is 1060. The molecule has 3 aromatic rings. The number of Topliss-reactive ketones (excluding diaryl/α,β-unsaturated/α-hetero) is 1. The van der Waals surface area contributed by atoms with Gasteiger partial charge in [0, 0.05) is 41.9 Å². The van der Waals surface area contributed by atoms with Gasteiger partial charge < -0.3 is 10.6 Å². The van der Waals surface area contributed by atoms with E-state index in [9.17, 15) is 4.79 Å². The third kappa shape index (κ3) is 4.16. The SMILES string of the molecule is O=C(Cc1cc2cc(-c3cncc(NC4CCNCC4)n3)ncc2cn1)C1CCC1. The normalized spacial score (nSPS) is 17.6. The Morgan fingerprint density at radius 3 is 2.60 bits per heavy atom. The highest BCUT2D eigenvalue weighted by molar-refractivity contribution is 5.87. The van der Waals surface area contributed by atoms with E-state index in [-0.39, 0.29) is 5.92 Å². The van der Waals surface area contributed by atoms with E-state index in [0.29, 0.717) is 18.2 Å². The highest BCUT2D eigenvalue weighted by Gasteiger charge is 2.25. The molecule has 0 amide bonds. The van der Waals surface area contributed by atoms with Crippen LogP contribution in [0.4, 0.5) is 5.82 Å². The molecule has 1 aliphatic carbocycles. The van der Waals surface area contributed by atoms with E-state index < -0.39 is 0 Å². The highest BCUT2D eigenvalue weighted by atomic mass is 16.1. The van der Waals surface area contributed by atoms with Gasteiger partial charge in [-0.05, 0) is 56.3 Å². The average molecular weight is 403 g/mol. The molecule has 1 saturated heterocycles. The zero-order valence-electron chi connectivity index (χ0n) is 17.0. The molecule has 30 heavy (non-hydrogen) atoms. The molecule has 3 aromatic heterocycles. The quantitative estimate of drug-likeness (QED) is 0.654. The van der Waals surface area contributed by atoms with Gasteiger partial charge in [0.1, 0.15) is 17.3 Å². The molecule has 1 saturated carbocycles. The van der Waals surface area contributed by atoms with Crippen molar-refractivity contribution in [2.45, 2.75) is 44.6 Å². The summed E-state index contributed by atoms with van der Waals surface area (Å²) in [6, 6.07) is 4.43. The third-order valence-electron chi connectivity index (χ3n) is 6.16. The lowest BCUT2D eigenvalue weighted by molar-refractivity contribution is -0.124. The Hall–Kier alpha value is -2.93. The summed E-state index contributed by atoms with van der Waals surface area (Å²) in [7, 11) is 0. The van der Waals surface area contributed by atoms with Crippen molar-refractivity contribution in [1.82, 2.24) is 25.3 Å². The minimum absolute atomic E-state index is 0.237. The van der Waals surface area contributed by atoms with Crippen LogP contribution in [-0.4, -0.2) is 44.9 Å². The van der Waals surface area contributed by atoms with Crippen molar-refractivity contribution in [3.63, 3.8) is 0 Å². The van der Waals surface area contributed by atoms with Crippen LogP contribution in [0.2, 0.25) is 0 Å². The molecule has 154 valence electrons. The Morgan fingerprint density at radius 2 is 1.80 bits per heavy atom. The predicted molar refractivity (Wildman–Crippen MR) is 116 cm³/mol. The molecule has 0 bridgehead atoms. The second-order valence-electron chi connectivity index (χ2n) is 8.32. The lowest BCUT2D eigenvalue weighted by Gasteiger charge is -2.24. The van der Waals surface area contributed by atoms with Crippen molar-refractivity contribution in [2.24, 2.45) is 5.92 Å². The van der Waals surface area contributed by atoms with E-state index >= 15 is 0 Å². The van der Waals surface area contributed by atoms with Crippen molar-refractivity contribution < 1.29 is 4.79 Å². The third-order valence-corrected chi connectivity index (χ3v) is 6.16. The van der Waals surface area contributed by atoms with Crippen LogP contribution in [0.5, 0.6) is 0 Å². The Kier molecular flexibility index (Phi) is 5.36. The molecule has 0 unspecified atom stereocenters. The van der Waals surface area contributed by atoms with Crippen LogP contribution in [0.1, 0.15) is 37.8 Å². The van der Waals surface area contributed by atoms with Gasteiger partial charge >= 0.3 is 0 Å². The number of ketones is 1. The summed E-state index contributed by atoms with van der Waals surface area (Å²) in [5.74, 6) is 1.33. The fraction of sp³-hybridized carbons (Fsp3) is 0.435. The second-order valence-corrected chi connectivity index (χ2v) is 8.32. The minimum atomic E-state index is 0.237. The maximum absolute atomic E-state index is 12.3. The van der Waals surface area contributed by atoms with Gasteiger partial charge in [-0.15, -0.1) is 0 Å². The van der Waals surface area contributed by atoms with Gasteiger partial charge in [0.15, 0.2) is 0 Å². The van der Waals surface area contributed by atoms with E-state index in [1.807, 2.05) is 18.3 Å². The molecular weight excluding hydrogens is 376 g/mol. The van der Waals surface area contributed by atoms with E-state index in [0.717, 1.165) is 72.4 Å². The summed E-state index contributed by atoms with van der Waals surface area (Å²) >= 11 is 0. The molecule has 7 nitrogen and oxygen atoms in total. The standard InChI is InChI=1S/C23H26N6O/c30-22(15-2-1-3-15)10-19-8-16-9-20(27-12-17(16)11-26-19)21-13-25-14-23(29-21)28-18-4-6-24-7-5-18/h8-9,11-15,18,24H,1-7,10H2,(H,28,29). The van der Waals surface area contributed by atoms with Gasteiger partial charge in [-0.1, -0.05) is 6.42 Å². The maximum atomic E-state index is 12.3. The highest BCUT2D eigenvalue weighted by Crippen LogP contribution is 2.28. The van der Waals surface area contributed by atoms with Crippen molar-refractivity contribution in [3.8, 4) is 11.4 Å². The number of hydrogen-bond donors (Lipinski definition) is 2.